The number of aliphatic hydroxyl groups excluding tert-OH is 1. The number of hydrogen-bond donors (Lipinski definition) is 2. The number of β-amino-alcohol motifs (C(OH)–C–C–N with tert-alkyl or cyclic N) is 1. The van der Waals surface area contributed by atoms with Crippen LogP contribution in [0.3, 0.4) is 0 Å². The Balaban J connectivity index is 2.23. The number of hydrogen-bond acceptors (Lipinski definition) is 5. The van der Waals surface area contributed by atoms with Crippen molar-refractivity contribution in [2.24, 2.45) is 0 Å². The fourth-order valence-electron chi connectivity index (χ4n) is 1.49. The minimum Gasteiger partial charge on any atom is -0.459 e. The second kappa shape index (κ2) is 6.05. The van der Waals surface area contributed by atoms with Gasteiger partial charge in [0.15, 0.2) is 0 Å². The molecule has 0 aromatic rings. The number of carbonyl (C=O) groups excluding carboxylic acids is 1. The van der Waals surface area contributed by atoms with Gasteiger partial charge in [-0.25, -0.2) is 0 Å². The average Bonchev–Trinajstić information content (AvgIpc) is 2.61. The highest BCUT2D eigenvalue weighted by molar-refractivity contribution is 5.76. The Morgan fingerprint density at radius 2 is 2.40 bits per heavy atom. The van der Waals surface area contributed by atoms with Gasteiger partial charge in [-0.2, -0.15) is 0 Å². The third-order valence-corrected chi connectivity index (χ3v) is 2.27. The van der Waals surface area contributed by atoms with E-state index in [0.29, 0.717) is 26.2 Å². The summed E-state index contributed by atoms with van der Waals surface area (Å²) in [5, 5.41) is 12.1. The number of ether oxygens (including phenoxy) is 2. The topological polar surface area (TPSA) is 67.8 Å². The molecule has 0 bridgehead atoms. The maximum atomic E-state index is 11.5. The molecule has 0 aromatic heterocycles. The molecule has 88 valence electrons. The van der Waals surface area contributed by atoms with Crippen molar-refractivity contribution >= 4 is 5.97 Å². The molecule has 1 aliphatic heterocycles. The molecule has 5 nitrogen and oxygen atoms in total. The first-order valence-corrected chi connectivity index (χ1v) is 5.33. The van der Waals surface area contributed by atoms with Gasteiger partial charge in [-0.3, -0.25) is 4.79 Å². The normalized spacial score (nSPS) is 27.7. The predicted octanol–water partition coefficient (Wildman–Crippen LogP) is -0.323. The molecular formula is C10H19NO4. The predicted molar refractivity (Wildman–Crippen MR) is 54.5 cm³/mol. The van der Waals surface area contributed by atoms with E-state index in [0.717, 1.165) is 0 Å². The molecule has 3 atom stereocenters. The van der Waals surface area contributed by atoms with Gasteiger partial charge in [0.2, 0.25) is 0 Å². The number of nitrogens with one attached hydrogen (secondary N) is 1. The van der Waals surface area contributed by atoms with E-state index in [1.165, 1.54) is 0 Å². The first-order chi connectivity index (χ1) is 7.13. The minimum atomic E-state index is -0.440. The van der Waals surface area contributed by atoms with Gasteiger partial charge < -0.3 is 19.9 Å². The van der Waals surface area contributed by atoms with E-state index >= 15 is 0 Å². The van der Waals surface area contributed by atoms with Crippen LogP contribution in [0, 0.1) is 0 Å². The molecule has 0 aromatic carbocycles. The summed E-state index contributed by atoms with van der Waals surface area (Å²) in [6.07, 6.45) is -0.248. The van der Waals surface area contributed by atoms with Gasteiger partial charge in [-0.1, -0.05) is 0 Å². The number of esters is 1. The van der Waals surface area contributed by atoms with Crippen molar-refractivity contribution in [1.29, 1.82) is 0 Å². The Morgan fingerprint density at radius 1 is 1.67 bits per heavy atom. The summed E-state index contributed by atoms with van der Waals surface area (Å²) >= 11 is 0. The van der Waals surface area contributed by atoms with Crippen LogP contribution < -0.4 is 5.32 Å². The zero-order valence-corrected chi connectivity index (χ0v) is 9.23. The van der Waals surface area contributed by atoms with Gasteiger partial charge >= 0.3 is 5.97 Å². The van der Waals surface area contributed by atoms with Gasteiger partial charge in [-0.05, 0) is 13.8 Å². The van der Waals surface area contributed by atoms with Crippen molar-refractivity contribution < 1.29 is 19.4 Å². The third-order valence-electron chi connectivity index (χ3n) is 2.27. The molecule has 1 saturated heterocycles. The van der Waals surface area contributed by atoms with Crippen LogP contribution in [0.1, 0.15) is 20.3 Å². The molecule has 0 aliphatic carbocycles. The largest absolute Gasteiger partial charge is 0.459 e. The Bertz CT molecular complexity index is 210. The van der Waals surface area contributed by atoms with Crippen molar-refractivity contribution in [3.05, 3.63) is 0 Å². The van der Waals surface area contributed by atoms with Crippen LogP contribution in [0.5, 0.6) is 0 Å². The first-order valence-electron chi connectivity index (χ1n) is 5.33. The maximum absolute atomic E-state index is 11.5. The number of carbonyl (C=O) groups is 1. The molecule has 0 spiro atoms. The van der Waals surface area contributed by atoms with E-state index in [9.17, 15) is 9.90 Å². The molecular weight excluding hydrogens is 198 g/mol. The molecule has 1 rings (SSSR count). The highest BCUT2D eigenvalue weighted by Crippen LogP contribution is 2.09. The average molecular weight is 217 g/mol. The number of rotatable bonds is 5. The standard InChI is InChI=1S/C10H19NO4/c1-3-14-6-7(2)15-10(13)9-4-8(12)5-11-9/h7-9,11-12H,3-6H2,1-2H3/t7?,8-,9+/m1/s1. The summed E-state index contributed by atoms with van der Waals surface area (Å²) in [7, 11) is 0. The van der Waals surface area contributed by atoms with Crippen LogP contribution >= 0.6 is 0 Å². The van der Waals surface area contributed by atoms with Crippen LogP contribution in [-0.4, -0.2) is 49.1 Å². The van der Waals surface area contributed by atoms with Crippen molar-refractivity contribution in [3.63, 3.8) is 0 Å². The molecule has 5 heteroatoms. The van der Waals surface area contributed by atoms with Crippen molar-refractivity contribution in [2.75, 3.05) is 19.8 Å². The Morgan fingerprint density at radius 3 is 2.93 bits per heavy atom. The monoisotopic (exact) mass is 217 g/mol. The summed E-state index contributed by atoms with van der Waals surface area (Å²) in [4.78, 5) is 11.5. The van der Waals surface area contributed by atoms with Crippen LogP contribution in [0.4, 0.5) is 0 Å². The van der Waals surface area contributed by atoms with Crippen molar-refractivity contribution in [1.82, 2.24) is 5.32 Å². The molecule has 0 radical (unpaired) electrons. The molecule has 1 fully saturated rings. The van der Waals surface area contributed by atoms with Crippen LogP contribution in [0.25, 0.3) is 0 Å². The van der Waals surface area contributed by atoms with Crippen LogP contribution in [0.15, 0.2) is 0 Å². The van der Waals surface area contributed by atoms with Gasteiger partial charge in [0.05, 0.1) is 12.7 Å². The molecule has 1 unspecified atom stereocenters. The molecule has 1 heterocycles. The second-order valence-electron chi connectivity index (χ2n) is 3.76. The smallest absolute Gasteiger partial charge is 0.323 e. The van der Waals surface area contributed by atoms with E-state index < -0.39 is 6.10 Å². The van der Waals surface area contributed by atoms with E-state index in [2.05, 4.69) is 5.32 Å². The van der Waals surface area contributed by atoms with Crippen molar-refractivity contribution in [3.8, 4) is 0 Å². The second-order valence-corrected chi connectivity index (χ2v) is 3.76. The summed E-state index contributed by atoms with van der Waals surface area (Å²) in [6, 6.07) is -0.371. The van der Waals surface area contributed by atoms with Crippen molar-refractivity contribution in [2.45, 2.75) is 38.5 Å². The highest BCUT2D eigenvalue weighted by Gasteiger charge is 2.30. The van der Waals surface area contributed by atoms with Gasteiger partial charge in [0.25, 0.3) is 0 Å². The molecule has 15 heavy (non-hydrogen) atoms. The van der Waals surface area contributed by atoms with Gasteiger partial charge in [0.1, 0.15) is 12.1 Å². The number of aliphatic hydroxyl groups is 1. The lowest BCUT2D eigenvalue weighted by molar-refractivity contribution is -0.153. The molecule has 2 N–H and O–H groups in total. The van der Waals surface area contributed by atoms with Crippen LogP contribution in [0.2, 0.25) is 0 Å². The lowest BCUT2D eigenvalue weighted by Crippen LogP contribution is -2.35. The quantitative estimate of drug-likeness (QED) is 0.618. The van der Waals surface area contributed by atoms with E-state index in [4.69, 9.17) is 9.47 Å². The molecule has 0 amide bonds. The SMILES string of the molecule is CCOCC(C)OC(=O)[C@@H]1C[C@@H](O)CN1. The summed E-state index contributed by atoms with van der Waals surface area (Å²) in [5.41, 5.74) is 0. The highest BCUT2D eigenvalue weighted by atomic mass is 16.6. The van der Waals surface area contributed by atoms with E-state index in [-0.39, 0.29) is 18.1 Å². The lowest BCUT2D eigenvalue weighted by atomic mass is 10.2. The molecule has 0 saturated carbocycles. The minimum absolute atomic E-state index is 0.239. The van der Waals surface area contributed by atoms with E-state index in [1.807, 2.05) is 6.92 Å². The zero-order chi connectivity index (χ0) is 11.3. The summed E-state index contributed by atoms with van der Waals surface area (Å²) in [6.45, 7) is 5.17. The molecule has 1 aliphatic rings. The summed E-state index contributed by atoms with van der Waals surface area (Å²) < 4.78 is 10.3. The summed E-state index contributed by atoms with van der Waals surface area (Å²) in [5.74, 6) is -0.307. The maximum Gasteiger partial charge on any atom is 0.323 e. The Hall–Kier alpha value is -0.650. The zero-order valence-electron chi connectivity index (χ0n) is 9.23. The first kappa shape index (κ1) is 12.4. The Kier molecular flexibility index (Phi) is 5.01. The Labute approximate surface area is 89.8 Å². The fourth-order valence-corrected chi connectivity index (χ4v) is 1.49. The van der Waals surface area contributed by atoms with E-state index in [1.54, 1.807) is 6.92 Å². The lowest BCUT2D eigenvalue weighted by Gasteiger charge is -2.16. The van der Waals surface area contributed by atoms with Crippen LogP contribution in [-0.2, 0) is 14.3 Å². The fraction of sp³-hybridized carbons (Fsp3) is 0.900. The van der Waals surface area contributed by atoms with Gasteiger partial charge in [-0.15, -0.1) is 0 Å². The van der Waals surface area contributed by atoms with Gasteiger partial charge in [0, 0.05) is 19.6 Å². The third kappa shape index (κ3) is 4.15.